The normalized spacial score (nSPS) is 19.2. The highest BCUT2D eigenvalue weighted by atomic mass is 32.2. The van der Waals surface area contributed by atoms with E-state index in [0.29, 0.717) is 6.42 Å². The summed E-state index contributed by atoms with van der Waals surface area (Å²) in [6, 6.07) is 2.36. The van der Waals surface area contributed by atoms with Crippen LogP contribution >= 0.6 is 0 Å². The molecule has 2 aliphatic carbocycles. The molecule has 3 rings (SSSR count). The lowest BCUT2D eigenvalue weighted by atomic mass is 9.92. The van der Waals surface area contributed by atoms with Gasteiger partial charge in [0.1, 0.15) is 0 Å². The molecule has 1 atom stereocenters. The lowest BCUT2D eigenvalue weighted by Gasteiger charge is -2.15. The number of hydrogen-bond donors (Lipinski definition) is 1. The van der Waals surface area contributed by atoms with Gasteiger partial charge in [0.15, 0.2) is 0 Å². The number of amides is 1. The van der Waals surface area contributed by atoms with Crippen molar-refractivity contribution in [1.29, 1.82) is 0 Å². The molecule has 1 unspecified atom stereocenters. The topological polar surface area (TPSA) is 46.2 Å². The van der Waals surface area contributed by atoms with Gasteiger partial charge in [-0.2, -0.15) is 0 Å². The minimum atomic E-state index is -2.47. The highest BCUT2D eigenvalue weighted by Crippen LogP contribution is 2.35. The second kappa shape index (κ2) is 4.92. The SMILES string of the molecule is C=S(C)(=O)NC(=O)Cc1c2c(cc3c1CCC3)CCC2. The van der Waals surface area contributed by atoms with E-state index in [-0.39, 0.29) is 5.91 Å². The molecule has 0 aliphatic heterocycles. The minimum absolute atomic E-state index is 0.165. The Morgan fingerprint density at radius 3 is 2.25 bits per heavy atom. The Bertz CT molecular complexity index is 642. The van der Waals surface area contributed by atoms with E-state index in [1.54, 1.807) is 0 Å². The first-order valence-electron chi connectivity index (χ1n) is 7.22. The molecule has 0 radical (unpaired) electrons. The van der Waals surface area contributed by atoms with Crippen LogP contribution in [0.15, 0.2) is 6.07 Å². The summed E-state index contributed by atoms with van der Waals surface area (Å²) >= 11 is 0. The van der Waals surface area contributed by atoms with E-state index < -0.39 is 9.71 Å². The predicted molar refractivity (Wildman–Crippen MR) is 83.5 cm³/mol. The average Bonchev–Trinajstić information content (AvgIpc) is 2.93. The molecule has 0 fully saturated rings. The van der Waals surface area contributed by atoms with Gasteiger partial charge in [-0.15, -0.1) is 0 Å². The molecule has 2 aliphatic rings. The van der Waals surface area contributed by atoms with Crippen molar-refractivity contribution < 1.29 is 9.00 Å². The monoisotopic (exact) mass is 291 g/mol. The van der Waals surface area contributed by atoms with Crippen LogP contribution in [0.4, 0.5) is 0 Å². The van der Waals surface area contributed by atoms with Gasteiger partial charge in [-0.1, -0.05) is 6.07 Å². The summed E-state index contributed by atoms with van der Waals surface area (Å²) in [7, 11) is -2.47. The zero-order valence-corrected chi connectivity index (χ0v) is 12.8. The minimum Gasteiger partial charge on any atom is -0.283 e. The summed E-state index contributed by atoms with van der Waals surface area (Å²) < 4.78 is 14.1. The highest BCUT2D eigenvalue weighted by Gasteiger charge is 2.25. The second-order valence-electron chi connectivity index (χ2n) is 6.04. The molecule has 0 spiro atoms. The maximum atomic E-state index is 12.1. The Morgan fingerprint density at radius 2 is 1.75 bits per heavy atom. The zero-order valence-electron chi connectivity index (χ0n) is 12.0. The quantitative estimate of drug-likeness (QED) is 0.860. The van der Waals surface area contributed by atoms with Crippen molar-refractivity contribution in [3.63, 3.8) is 0 Å². The molecule has 1 aromatic carbocycles. The van der Waals surface area contributed by atoms with Crippen LogP contribution in [0.25, 0.3) is 0 Å². The number of benzene rings is 1. The van der Waals surface area contributed by atoms with Crippen molar-refractivity contribution in [3.05, 3.63) is 33.9 Å². The standard InChI is InChI=1S/C16H21NO2S/c1-20(2,19)17-16(18)10-15-13-7-3-5-11(13)9-12-6-4-8-14(12)15/h9H,1,3-8,10H2,2H3,(H,17,18,19). The molecule has 4 heteroatoms. The molecule has 1 N–H and O–H groups in total. The molecular weight excluding hydrogens is 270 g/mol. The van der Waals surface area contributed by atoms with Gasteiger partial charge >= 0.3 is 0 Å². The molecule has 0 saturated heterocycles. The fraction of sp³-hybridized carbons (Fsp3) is 0.500. The van der Waals surface area contributed by atoms with Gasteiger partial charge in [-0.05, 0) is 72.2 Å². The summed E-state index contributed by atoms with van der Waals surface area (Å²) in [5.41, 5.74) is 6.84. The largest absolute Gasteiger partial charge is 0.283 e. The summed E-state index contributed by atoms with van der Waals surface area (Å²) in [6.45, 7) is 0. The number of nitrogens with one attached hydrogen (secondary N) is 1. The van der Waals surface area contributed by atoms with Gasteiger partial charge in [0.05, 0.1) is 6.42 Å². The first-order valence-corrected chi connectivity index (χ1v) is 9.36. The third-order valence-electron chi connectivity index (χ3n) is 4.27. The maximum Gasteiger partial charge on any atom is 0.235 e. The molecule has 20 heavy (non-hydrogen) atoms. The van der Waals surface area contributed by atoms with Crippen molar-refractivity contribution in [2.24, 2.45) is 0 Å². The number of aryl methyl sites for hydroxylation is 2. The number of rotatable bonds is 3. The summed E-state index contributed by atoms with van der Waals surface area (Å²) in [5, 5.41) is 0. The van der Waals surface area contributed by atoms with E-state index in [1.807, 2.05) is 0 Å². The molecule has 108 valence electrons. The van der Waals surface area contributed by atoms with Gasteiger partial charge in [0.2, 0.25) is 5.91 Å². The Hall–Kier alpha value is -1.29. The third-order valence-corrected chi connectivity index (χ3v) is 4.92. The van der Waals surface area contributed by atoms with Crippen LogP contribution in [0.5, 0.6) is 0 Å². The second-order valence-corrected chi connectivity index (χ2v) is 8.26. The van der Waals surface area contributed by atoms with Gasteiger partial charge in [-0.3, -0.25) is 9.52 Å². The molecule has 1 amide bonds. The first kappa shape index (κ1) is 13.7. The van der Waals surface area contributed by atoms with Crippen molar-refractivity contribution in [3.8, 4) is 0 Å². The van der Waals surface area contributed by atoms with E-state index in [4.69, 9.17) is 0 Å². The van der Waals surface area contributed by atoms with Crippen molar-refractivity contribution in [2.45, 2.75) is 44.9 Å². The Morgan fingerprint density at radius 1 is 1.20 bits per heavy atom. The molecule has 0 heterocycles. The molecule has 0 aromatic heterocycles. The van der Waals surface area contributed by atoms with E-state index in [9.17, 15) is 9.00 Å². The van der Waals surface area contributed by atoms with Crippen LogP contribution in [0.2, 0.25) is 0 Å². The summed E-state index contributed by atoms with van der Waals surface area (Å²) in [5.74, 6) is 3.33. The van der Waals surface area contributed by atoms with Crippen molar-refractivity contribution in [1.82, 2.24) is 4.72 Å². The lowest BCUT2D eigenvalue weighted by molar-refractivity contribution is -0.118. The Kier molecular flexibility index (Phi) is 3.36. The lowest BCUT2D eigenvalue weighted by Crippen LogP contribution is -2.31. The smallest absolute Gasteiger partial charge is 0.235 e. The van der Waals surface area contributed by atoms with Crippen LogP contribution in [0, 0.1) is 0 Å². The first-order chi connectivity index (χ1) is 9.44. The summed E-state index contributed by atoms with van der Waals surface area (Å²) in [6.07, 6.45) is 8.62. The highest BCUT2D eigenvalue weighted by molar-refractivity contribution is 7.98. The Balaban J connectivity index is 1.95. The van der Waals surface area contributed by atoms with Gasteiger partial charge in [0, 0.05) is 16.0 Å². The van der Waals surface area contributed by atoms with Crippen LogP contribution < -0.4 is 4.72 Å². The number of hydrogen-bond acceptors (Lipinski definition) is 2. The molecule has 0 bridgehead atoms. The fourth-order valence-electron chi connectivity index (χ4n) is 3.59. The van der Waals surface area contributed by atoms with Crippen LogP contribution in [0.1, 0.15) is 40.7 Å². The van der Waals surface area contributed by atoms with Gasteiger partial charge in [0.25, 0.3) is 0 Å². The average molecular weight is 291 g/mol. The predicted octanol–water partition coefficient (Wildman–Crippen LogP) is 1.58. The molecule has 3 nitrogen and oxygen atoms in total. The Labute approximate surface area is 120 Å². The van der Waals surface area contributed by atoms with Crippen molar-refractivity contribution >= 4 is 21.5 Å². The maximum absolute atomic E-state index is 12.1. The molecule has 1 aromatic rings. The van der Waals surface area contributed by atoms with Crippen LogP contribution in [0.3, 0.4) is 0 Å². The van der Waals surface area contributed by atoms with Crippen LogP contribution in [-0.4, -0.2) is 22.2 Å². The number of fused-ring (bicyclic) bond motifs is 2. The van der Waals surface area contributed by atoms with Gasteiger partial charge < -0.3 is 0 Å². The van der Waals surface area contributed by atoms with E-state index >= 15 is 0 Å². The molecule has 0 saturated carbocycles. The third kappa shape index (κ3) is 2.62. The van der Waals surface area contributed by atoms with E-state index in [0.717, 1.165) is 25.7 Å². The van der Waals surface area contributed by atoms with E-state index in [1.165, 1.54) is 46.9 Å². The number of carbonyl (C=O) groups excluding carboxylic acids is 1. The fourth-order valence-corrected chi connectivity index (χ4v) is 4.14. The van der Waals surface area contributed by atoms with Crippen LogP contribution in [-0.2, 0) is 46.6 Å². The van der Waals surface area contributed by atoms with Gasteiger partial charge in [-0.25, -0.2) is 4.21 Å². The molecular formula is C16H21NO2S. The number of carbonyl (C=O) groups is 1. The van der Waals surface area contributed by atoms with Crippen molar-refractivity contribution in [2.75, 3.05) is 6.26 Å². The van der Waals surface area contributed by atoms with E-state index in [2.05, 4.69) is 16.7 Å². The summed E-state index contributed by atoms with van der Waals surface area (Å²) in [4.78, 5) is 12.1. The zero-order chi connectivity index (χ0) is 14.3.